The topological polar surface area (TPSA) is 98.4 Å². The fourth-order valence-electron chi connectivity index (χ4n) is 3.76. The monoisotopic (exact) mass is 415 g/mol. The van der Waals surface area contributed by atoms with Crippen molar-refractivity contribution in [2.75, 3.05) is 38.5 Å². The van der Waals surface area contributed by atoms with Crippen LogP contribution >= 0.6 is 0 Å². The number of likely N-dealkylation sites (N-methyl/N-ethyl adjacent to an activating group) is 1. The third kappa shape index (κ3) is 3.73. The average molecular weight is 416 g/mol. The maximum Gasteiger partial charge on any atom is 0.256 e. The molecule has 4 rings (SSSR count). The maximum atomic E-state index is 13.5. The third-order valence-corrected chi connectivity index (χ3v) is 7.31. The van der Waals surface area contributed by atoms with Crippen molar-refractivity contribution in [1.29, 1.82) is 0 Å². The fraction of sp³-hybridized carbons (Fsp3) is 0.400. The molecule has 2 N–H and O–H groups in total. The highest BCUT2D eigenvalue weighted by Crippen LogP contribution is 2.38. The molecule has 0 bridgehead atoms. The zero-order valence-electron chi connectivity index (χ0n) is 16.6. The van der Waals surface area contributed by atoms with Crippen molar-refractivity contribution in [3.05, 3.63) is 41.5 Å². The number of amides is 1. The van der Waals surface area contributed by atoms with E-state index in [1.807, 2.05) is 14.0 Å². The standard InChI is InChI=1S/C20H25N5O3S/c1-3-18-21-13-14(22-18)12-15-19-16(23-20(15)26)6-4-7-17(19)29(27,28)25-9-5-8-24(2)10-11-25/h4,6-7,12-13H,3,5,8-11H2,1-2H3,(H,21,22)(H,23,26)/b15-12-. The summed E-state index contributed by atoms with van der Waals surface area (Å²) in [6.45, 7) is 4.43. The van der Waals surface area contributed by atoms with Crippen LogP contribution in [-0.2, 0) is 21.2 Å². The van der Waals surface area contributed by atoms with E-state index in [4.69, 9.17) is 0 Å². The predicted molar refractivity (Wildman–Crippen MR) is 112 cm³/mol. The number of carbonyl (C=O) groups is 1. The number of sulfonamides is 1. The Morgan fingerprint density at radius 3 is 2.79 bits per heavy atom. The number of benzene rings is 1. The van der Waals surface area contributed by atoms with Gasteiger partial charge in [0.05, 0.1) is 28.0 Å². The Bertz CT molecular complexity index is 1070. The van der Waals surface area contributed by atoms with Crippen molar-refractivity contribution in [2.45, 2.75) is 24.7 Å². The molecule has 9 heteroatoms. The maximum absolute atomic E-state index is 13.5. The van der Waals surface area contributed by atoms with Gasteiger partial charge in [0.15, 0.2) is 0 Å². The van der Waals surface area contributed by atoms with Gasteiger partial charge in [-0.25, -0.2) is 13.4 Å². The van der Waals surface area contributed by atoms with Crippen LogP contribution < -0.4 is 5.32 Å². The van der Waals surface area contributed by atoms with E-state index in [0.717, 1.165) is 25.2 Å². The van der Waals surface area contributed by atoms with Crippen molar-refractivity contribution < 1.29 is 13.2 Å². The lowest BCUT2D eigenvalue weighted by Crippen LogP contribution is -2.34. The lowest BCUT2D eigenvalue weighted by atomic mass is 10.1. The number of anilines is 1. The van der Waals surface area contributed by atoms with Crippen molar-refractivity contribution >= 4 is 33.3 Å². The smallest absolute Gasteiger partial charge is 0.256 e. The summed E-state index contributed by atoms with van der Waals surface area (Å²) in [4.78, 5) is 22.3. The first-order chi connectivity index (χ1) is 13.9. The minimum absolute atomic E-state index is 0.166. The second-order valence-electron chi connectivity index (χ2n) is 7.39. The molecular formula is C20H25N5O3S. The summed E-state index contributed by atoms with van der Waals surface area (Å²) in [6, 6.07) is 4.99. The van der Waals surface area contributed by atoms with Gasteiger partial charge in [0.25, 0.3) is 5.91 Å². The number of H-pyrrole nitrogens is 1. The molecule has 1 saturated heterocycles. The van der Waals surface area contributed by atoms with E-state index in [2.05, 4.69) is 20.2 Å². The first kappa shape index (κ1) is 19.8. The Morgan fingerprint density at radius 2 is 2.03 bits per heavy atom. The van der Waals surface area contributed by atoms with E-state index in [0.29, 0.717) is 42.2 Å². The number of carbonyl (C=O) groups excluding carboxylic acids is 1. The summed E-state index contributed by atoms with van der Waals surface area (Å²) in [5.41, 5.74) is 1.95. The summed E-state index contributed by atoms with van der Waals surface area (Å²) < 4.78 is 28.5. The zero-order chi connectivity index (χ0) is 20.6. The number of rotatable bonds is 4. The zero-order valence-corrected chi connectivity index (χ0v) is 17.4. The molecule has 1 fully saturated rings. The Kier molecular flexibility index (Phi) is 5.28. The minimum atomic E-state index is -3.73. The summed E-state index contributed by atoms with van der Waals surface area (Å²) in [5.74, 6) is 0.496. The number of nitrogens with one attached hydrogen (secondary N) is 2. The summed E-state index contributed by atoms with van der Waals surface area (Å²) in [7, 11) is -1.74. The summed E-state index contributed by atoms with van der Waals surface area (Å²) >= 11 is 0. The van der Waals surface area contributed by atoms with Gasteiger partial charge in [0, 0.05) is 31.6 Å². The van der Waals surface area contributed by atoms with Crippen LogP contribution in [0, 0.1) is 0 Å². The van der Waals surface area contributed by atoms with E-state index in [1.165, 1.54) is 4.31 Å². The predicted octanol–water partition coefficient (Wildman–Crippen LogP) is 1.79. The van der Waals surface area contributed by atoms with E-state index in [1.54, 1.807) is 30.5 Å². The van der Waals surface area contributed by atoms with Crippen LogP contribution in [0.1, 0.15) is 30.4 Å². The number of hydrogen-bond donors (Lipinski definition) is 2. The van der Waals surface area contributed by atoms with Crippen molar-refractivity contribution in [3.8, 4) is 0 Å². The summed E-state index contributed by atoms with van der Waals surface area (Å²) in [5, 5.41) is 2.79. The number of imidazole rings is 1. The van der Waals surface area contributed by atoms with Gasteiger partial charge in [-0.15, -0.1) is 0 Å². The van der Waals surface area contributed by atoms with Gasteiger partial charge in [-0.1, -0.05) is 13.0 Å². The molecule has 2 aliphatic rings. The molecular weight excluding hydrogens is 390 g/mol. The minimum Gasteiger partial charge on any atom is -0.342 e. The van der Waals surface area contributed by atoms with Crippen LogP contribution in [0.5, 0.6) is 0 Å². The van der Waals surface area contributed by atoms with Crippen LogP contribution in [0.2, 0.25) is 0 Å². The summed E-state index contributed by atoms with van der Waals surface area (Å²) in [6.07, 6.45) is 4.84. The van der Waals surface area contributed by atoms with Crippen LogP contribution in [0.3, 0.4) is 0 Å². The van der Waals surface area contributed by atoms with Crippen molar-refractivity contribution in [2.24, 2.45) is 0 Å². The quantitative estimate of drug-likeness (QED) is 0.742. The largest absolute Gasteiger partial charge is 0.342 e. The van der Waals surface area contributed by atoms with E-state index < -0.39 is 10.0 Å². The van der Waals surface area contributed by atoms with Gasteiger partial charge >= 0.3 is 0 Å². The van der Waals surface area contributed by atoms with Gasteiger partial charge in [0.1, 0.15) is 5.82 Å². The molecule has 0 unspecified atom stereocenters. The number of aromatic amines is 1. The van der Waals surface area contributed by atoms with Crippen molar-refractivity contribution in [3.63, 3.8) is 0 Å². The fourth-order valence-corrected chi connectivity index (χ4v) is 5.46. The number of aryl methyl sites for hydroxylation is 1. The molecule has 3 heterocycles. The highest BCUT2D eigenvalue weighted by Gasteiger charge is 2.35. The molecule has 154 valence electrons. The van der Waals surface area contributed by atoms with E-state index >= 15 is 0 Å². The second-order valence-corrected chi connectivity index (χ2v) is 9.30. The Labute approximate surface area is 170 Å². The van der Waals surface area contributed by atoms with Gasteiger partial charge in [-0.3, -0.25) is 4.79 Å². The van der Waals surface area contributed by atoms with Crippen LogP contribution in [0.4, 0.5) is 5.69 Å². The van der Waals surface area contributed by atoms with Crippen LogP contribution in [0.25, 0.3) is 11.6 Å². The average Bonchev–Trinajstić information content (AvgIpc) is 3.20. The lowest BCUT2D eigenvalue weighted by Gasteiger charge is -2.21. The Morgan fingerprint density at radius 1 is 1.21 bits per heavy atom. The van der Waals surface area contributed by atoms with Gasteiger partial charge in [-0.05, 0) is 38.2 Å². The molecule has 0 aliphatic carbocycles. The van der Waals surface area contributed by atoms with Gasteiger partial charge in [-0.2, -0.15) is 4.31 Å². The van der Waals surface area contributed by atoms with E-state index in [9.17, 15) is 13.2 Å². The molecule has 2 aromatic rings. The van der Waals surface area contributed by atoms with E-state index in [-0.39, 0.29) is 10.8 Å². The number of aromatic nitrogens is 2. The van der Waals surface area contributed by atoms with Crippen LogP contribution in [0.15, 0.2) is 29.3 Å². The van der Waals surface area contributed by atoms with Gasteiger partial charge < -0.3 is 15.2 Å². The molecule has 0 atom stereocenters. The second kappa shape index (κ2) is 7.74. The number of fused-ring (bicyclic) bond motifs is 1. The van der Waals surface area contributed by atoms with Gasteiger partial charge in [0.2, 0.25) is 10.0 Å². The first-order valence-corrected chi connectivity index (χ1v) is 11.2. The molecule has 29 heavy (non-hydrogen) atoms. The highest BCUT2D eigenvalue weighted by atomic mass is 32.2. The molecule has 8 nitrogen and oxygen atoms in total. The lowest BCUT2D eigenvalue weighted by molar-refractivity contribution is -0.110. The molecule has 0 saturated carbocycles. The number of hydrogen-bond acceptors (Lipinski definition) is 5. The van der Waals surface area contributed by atoms with Crippen molar-refractivity contribution in [1.82, 2.24) is 19.2 Å². The Balaban J connectivity index is 1.78. The molecule has 1 aromatic carbocycles. The number of nitrogens with zero attached hydrogens (tertiary/aromatic N) is 3. The molecule has 2 aliphatic heterocycles. The first-order valence-electron chi connectivity index (χ1n) is 9.79. The normalized spacial score (nSPS) is 19.9. The molecule has 1 amide bonds. The van der Waals surface area contributed by atoms with Crippen LogP contribution in [-0.4, -0.2) is 66.7 Å². The third-order valence-electron chi connectivity index (χ3n) is 5.37. The molecule has 0 radical (unpaired) electrons. The molecule has 0 spiro atoms. The highest BCUT2D eigenvalue weighted by molar-refractivity contribution is 7.89. The SMILES string of the molecule is CCc1ncc(/C=C2\C(=O)Nc3cccc(S(=O)(=O)N4CCCN(C)CC4)c32)[nH]1. The molecule has 1 aromatic heterocycles. The Hall–Kier alpha value is -2.49.